The predicted molar refractivity (Wildman–Crippen MR) is 355 cm³/mol. The number of hydrogen-bond donors (Lipinski definition) is 0. The molecule has 5 nitrogen and oxygen atoms in total. The van der Waals surface area contributed by atoms with Gasteiger partial charge in [-0.15, -0.1) is 0 Å². The molecule has 0 amide bonds. The third kappa shape index (κ3) is 59.9. The van der Waals surface area contributed by atoms with Crippen molar-refractivity contribution in [1.82, 2.24) is 0 Å². The Morgan fingerprint density at radius 2 is 0.383 bits per heavy atom. The molecule has 81 heavy (non-hydrogen) atoms. The van der Waals surface area contributed by atoms with Crippen molar-refractivity contribution in [2.75, 3.05) is 0 Å². The van der Waals surface area contributed by atoms with E-state index in [1.54, 1.807) is 0 Å². The highest BCUT2D eigenvalue weighted by molar-refractivity contribution is 5.88. The molecule has 0 aromatic carbocycles. The van der Waals surface area contributed by atoms with Gasteiger partial charge in [-0.05, 0) is 64.2 Å². The summed E-state index contributed by atoms with van der Waals surface area (Å²) in [6, 6.07) is 0. The van der Waals surface area contributed by atoms with Crippen molar-refractivity contribution in [3.05, 3.63) is 0 Å². The number of carbonyl (C=O) groups is 5. The summed E-state index contributed by atoms with van der Waals surface area (Å²) in [4.78, 5) is 65.2. The monoisotopic (exact) mass is 1140 g/mol. The van der Waals surface area contributed by atoms with Crippen molar-refractivity contribution < 1.29 is 24.0 Å². The molecule has 0 heterocycles. The third-order valence-corrected chi connectivity index (χ3v) is 18.4. The van der Waals surface area contributed by atoms with Crippen LogP contribution in [0.25, 0.3) is 0 Å². The lowest BCUT2D eigenvalue weighted by Gasteiger charge is -2.17. The minimum Gasteiger partial charge on any atom is -0.300 e. The van der Waals surface area contributed by atoms with E-state index < -0.39 is 0 Å². The largest absolute Gasteiger partial charge is 0.300 e. The van der Waals surface area contributed by atoms with Crippen LogP contribution in [0.3, 0.4) is 0 Å². The molecule has 5 heteroatoms. The maximum Gasteiger partial charge on any atom is 0.136 e. The van der Waals surface area contributed by atoms with Crippen molar-refractivity contribution in [3.63, 3.8) is 0 Å². The van der Waals surface area contributed by atoms with Crippen LogP contribution in [0.2, 0.25) is 0 Å². The van der Waals surface area contributed by atoms with E-state index in [2.05, 4.69) is 27.7 Å². The van der Waals surface area contributed by atoms with Crippen LogP contribution in [0.15, 0.2) is 0 Å². The van der Waals surface area contributed by atoms with Crippen molar-refractivity contribution >= 4 is 28.9 Å². The van der Waals surface area contributed by atoms with E-state index in [-0.39, 0.29) is 17.6 Å². The standard InChI is InChI=1S/C76H144O5/c1-5-9-12-15-18-21-24-27-30-33-36-43-53-62-72(77)64-55-45-39-41-48-58-67-75(80)70(8-4)60-51-50-52-61-71(69-74(79)66-57-47-38-35-32-29-26-23-20-17-14-11-7-3)76(81)68-59-49-42-40-46-56-65-73(78)63-54-44-37-34-31-28-25-22-19-16-13-10-6-2/h70-71H,5-69H2,1-4H3. The second-order valence-electron chi connectivity index (χ2n) is 26.4. The second-order valence-corrected chi connectivity index (χ2v) is 26.4. The zero-order valence-electron chi connectivity index (χ0n) is 55.7. The van der Waals surface area contributed by atoms with Crippen LogP contribution in [-0.4, -0.2) is 28.9 Å². The summed E-state index contributed by atoms with van der Waals surface area (Å²) in [6.07, 6.45) is 75.4. The molecule has 478 valence electrons. The van der Waals surface area contributed by atoms with Crippen LogP contribution in [0.5, 0.6) is 0 Å². The Hall–Kier alpha value is -1.65. The lowest BCUT2D eigenvalue weighted by atomic mass is 9.87. The molecule has 2 unspecified atom stereocenters. The SMILES string of the molecule is CCCCCCCCCCCCCCCC(=O)CCCCCCCCC(=O)C(CC)CCCCCC(CC(=O)CCCCCCCCCCCCCCC)C(=O)CCCCCCCCC(=O)CCCCCCCCCCCCCCC. The number of Topliss-reactive ketones (excluding diaryl/α,β-unsaturated/α-hetero) is 5. The van der Waals surface area contributed by atoms with Gasteiger partial charge in [0, 0.05) is 63.2 Å². The molecule has 0 radical (unpaired) electrons. The highest BCUT2D eigenvalue weighted by Gasteiger charge is 2.22. The molecule has 0 aliphatic carbocycles. The van der Waals surface area contributed by atoms with Gasteiger partial charge in [0.05, 0.1) is 0 Å². The predicted octanol–water partition coefficient (Wildman–Crippen LogP) is 25.5. The van der Waals surface area contributed by atoms with Gasteiger partial charge < -0.3 is 0 Å². The normalized spacial score (nSPS) is 12.3. The van der Waals surface area contributed by atoms with Crippen LogP contribution in [0.4, 0.5) is 0 Å². The summed E-state index contributed by atoms with van der Waals surface area (Å²) in [5, 5.41) is 0. The third-order valence-electron chi connectivity index (χ3n) is 18.4. The Kier molecular flexibility index (Phi) is 64.5. The maximum atomic E-state index is 13.7. The van der Waals surface area contributed by atoms with Gasteiger partial charge in [0.15, 0.2) is 0 Å². The Morgan fingerprint density at radius 1 is 0.198 bits per heavy atom. The molecule has 0 N–H and O–H groups in total. The van der Waals surface area contributed by atoms with E-state index in [0.717, 1.165) is 167 Å². The number of carbonyl (C=O) groups excluding carboxylic acids is 5. The number of ketones is 5. The van der Waals surface area contributed by atoms with Crippen LogP contribution >= 0.6 is 0 Å². The Labute approximate surface area is 507 Å². The molecular formula is C76H144O5. The molecular weight excluding hydrogens is 993 g/mol. The molecule has 0 spiro atoms. The number of rotatable bonds is 71. The van der Waals surface area contributed by atoms with Gasteiger partial charge in [-0.3, -0.25) is 24.0 Å². The topological polar surface area (TPSA) is 85.3 Å². The highest BCUT2D eigenvalue weighted by atomic mass is 16.1. The molecule has 0 aromatic rings. The summed E-state index contributed by atoms with van der Waals surface area (Å²) in [7, 11) is 0. The highest BCUT2D eigenvalue weighted by Crippen LogP contribution is 2.25. The fourth-order valence-corrected chi connectivity index (χ4v) is 12.6. The van der Waals surface area contributed by atoms with Gasteiger partial charge in [0.25, 0.3) is 0 Å². The molecule has 0 fully saturated rings. The minimum absolute atomic E-state index is 0.139. The van der Waals surface area contributed by atoms with Gasteiger partial charge in [0.1, 0.15) is 28.9 Å². The van der Waals surface area contributed by atoms with Crippen LogP contribution in [0.1, 0.15) is 445 Å². The minimum atomic E-state index is -0.154. The summed E-state index contributed by atoms with van der Waals surface area (Å²) >= 11 is 0. The molecule has 0 aliphatic heterocycles. The van der Waals surface area contributed by atoms with E-state index in [1.165, 1.54) is 225 Å². The first-order valence-corrected chi connectivity index (χ1v) is 37.4. The van der Waals surface area contributed by atoms with E-state index >= 15 is 0 Å². The Balaban J connectivity index is 4.43. The van der Waals surface area contributed by atoms with Gasteiger partial charge >= 0.3 is 0 Å². The van der Waals surface area contributed by atoms with Crippen LogP contribution in [0, 0.1) is 11.8 Å². The van der Waals surface area contributed by atoms with Crippen LogP contribution < -0.4 is 0 Å². The molecule has 0 aliphatic rings. The Bertz CT molecular complexity index is 1350. The number of unbranched alkanes of at least 4 members (excludes halogenated alkanes) is 48. The van der Waals surface area contributed by atoms with Gasteiger partial charge in [-0.2, -0.15) is 0 Å². The molecule has 0 saturated carbocycles. The van der Waals surface area contributed by atoms with Gasteiger partial charge in [-0.1, -0.05) is 329 Å². The smallest absolute Gasteiger partial charge is 0.136 e. The molecule has 0 saturated heterocycles. The lowest BCUT2D eigenvalue weighted by molar-refractivity contribution is -0.128. The first-order chi connectivity index (χ1) is 39.8. The molecule has 2 atom stereocenters. The fraction of sp³-hybridized carbons (Fsp3) is 0.934. The van der Waals surface area contributed by atoms with Crippen molar-refractivity contribution in [1.29, 1.82) is 0 Å². The summed E-state index contributed by atoms with van der Waals surface area (Å²) in [5.41, 5.74) is 0. The summed E-state index contributed by atoms with van der Waals surface area (Å²) < 4.78 is 0. The zero-order chi connectivity index (χ0) is 59.0. The van der Waals surface area contributed by atoms with E-state index in [0.29, 0.717) is 48.8 Å². The number of hydrogen-bond acceptors (Lipinski definition) is 5. The van der Waals surface area contributed by atoms with Gasteiger partial charge in [0.2, 0.25) is 0 Å². The molecule has 0 aromatic heterocycles. The van der Waals surface area contributed by atoms with Crippen molar-refractivity contribution in [2.24, 2.45) is 11.8 Å². The van der Waals surface area contributed by atoms with E-state index in [4.69, 9.17) is 0 Å². The van der Waals surface area contributed by atoms with Crippen molar-refractivity contribution in [2.45, 2.75) is 445 Å². The average molecular weight is 1140 g/mol. The lowest BCUT2D eigenvalue weighted by Crippen LogP contribution is -2.19. The first-order valence-electron chi connectivity index (χ1n) is 37.4. The quantitative estimate of drug-likeness (QED) is 0.0567. The second kappa shape index (κ2) is 65.9. The Morgan fingerprint density at radius 3 is 0.630 bits per heavy atom. The fourth-order valence-electron chi connectivity index (χ4n) is 12.6. The van der Waals surface area contributed by atoms with Crippen molar-refractivity contribution in [3.8, 4) is 0 Å². The van der Waals surface area contributed by atoms with E-state index in [9.17, 15) is 24.0 Å². The molecule has 0 rings (SSSR count). The van der Waals surface area contributed by atoms with E-state index in [1.807, 2.05) is 0 Å². The van der Waals surface area contributed by atoms with Gasteiger partial charge in [-0.25, -0.2) is 0 Å². The summed E-state index contributed by atoms with van der Waals surface area (Å²) in [6.45, 7) is 9.00. The summed E-state index contributed by atoms with van der Waals surface area (Å²) in [5.74, 6) is 1.89. The average Bonchev–Trinajstić information content (AvgIpc) is 3.46. The van der Waals surface area contributed by atoms with Crippen LogP contribution in [-0.2, 0) is 24.0 Å². The maximum absolute atomic E-state index is 13.7. The zero-order valence-corrected chi connectivity index (χ0v) is 55.7. The first kappa shape index (κ1) is 79.3. The molecule has 0 bridgehead atoms.